The van der Waals surface area contributed by atoms with Gasteiger partial charge in [-0.1, -0.05) is 0 Å². The Hall–Kier alpha value is -1.46. The fraction of sp³-hybridized carbons (Fsp3) is 0.571. The predicted molar refractivity (Wildman–Crippen MR) is 73.0 cm³/mol. The summed E-state index contributed by atoms with van der Waals surface area (Å²) in [6.45, 7) is 0.244. The second-order valence-corrected chi connectivity index (χ2v) is 4.61. The highest BCUT2D eigenvalue weighted by Crippen LogP contribution is 2.32. The highest BCUT2D eigenvalue weighted by Gasteiger charge is 2.28. The zero-order valence-electron chi connectivity index (χ0n) is 11.4. The molecule has 0 heterocycles. The van der Waals surface area contributed by atoms with Crippen LogP contribution in [-0.2, 0) is 4.74 Å². The number of hydrogen-bond acceptors (Lipinski definition) is 5. The van der Waals surface area contributed by atoms with Gasteiger partial charge in [-0.05, 0) is 25.0 Å². The van der Waals surface area contributed by atoms with Crippen LogP contribution in [0.1, 0.15) is 12.8 Å². The number of hydrogen-bond donors (Lipinski definition) is 2. The monoisotopic (exact) mass is 267 g/mol. The van der Waals surface area contributed by atoms with Crippen molar-refractivity contribution in [3.63, 3.8) is 0 Å². The zero-order valence-corrected chi connectivity index (χ0v) is 11.4. The Balaban J connectivity index is 1.97. The number of aliphatic hydroxyl groups excluding tert-OH is 1. The molecule has 0 bridgehead atoms. The highest BCUT2D eigenvalue weighted by molar-refractivity contribution is 5.55. The fourth-order valence-electron chi connectivity index (χ4n) is 2.15. The summed E-state index contributed by atoms with van der Waals surface area (Å²) in [6.07, 6.45) is 2.42. The summed E-state index contributed by atoms with van der Waals surface area (Å²) in [7, 11) is 3.35. The number of aliphatic hydroxyl groups is 1. The summed E-state index contributed by atoms with van der Waals surface area (Å²) in [5.74, 6) is 1.31. The van der Waals surface area contributed by atoms with Crippen molar-refractivity contribution in [1.82, 2.24) is 0 Å². The van der Waals surface area contributed by atoms with Crippen LogP contribution in [0.5, 0.6) is 11.5 Å². The van der Waals surface area contributed by atoms with Gasteiger partial charge in [0.15, 0.2) is 11.5 Å². The zero-order chi connectivity index (χ0) is 13.7. The molecule has 2 N–H and O–H groups in total. The number of methoxy groups -OCH3 is 2. The topological polar surface area (TPSA) is 60.0 Å². The van der Waals surface area contributed by atoms with Crippen molar-refractivity contribution < 1.29 is 19.3 Å². The van der Waals surface area contributed by atoms with Gasteiger partial charge < -0.3 is 24.6 Å². The van der Waals surface area contributed by atoms with E-state index in [1.165, 1.54) is 0 Å². The molecule has 1 aromatic rings. The van der Waals surface area contributed by atoms with Crippen LogP contribution >= 0.6 is 0 Å². The minimum Gasteiger partial charge on any atom is -0.493 e. The van der Waals surface area contributed by atoms with Gasteiger partial charge in [-0.3, -0.25) is 0 Å². The van der Waals surface area contributed by atoms with E-state index in [-0.39, 0.29) is 13.2 Å². The van der Waals surface area contributed by atoms with Crippen LogP contribution in [-0.4, -0.2) is 44.7 Å². The summed E-state index contributed by atoms with van der Waals surface area (Å²) in [6, 6.07) is 6.17. The maximum absolute atomic E-state index is 8.81. The third kappa shape index (κ3) is 3.52. The molecule has 2 rings (SSSR count). The van der Waals surface area contributed by atoms with E-state index < -0.39 is 0 Å². The number of ether oxygens (including phenoxy) is 3. The molecule has 5 nitrogen and oxygen atoms in total. The molecule has 0 atom stereocenters. The lowest BCUT2D eigenvalue weighted by Crippen LogP contribution is -2.40. The lowest BCUT2D eigenvalue weighted by Gasteiger charge is -2.35. The SMILES string of the molecule is COc1ccc(NC2CC(OC)C2)cc1OCCO. The van der Waals surface area contributed by atoms with Gasteiger partial charge in [-0.25, -0.2) is 0 Å². The van der Waals surface area contributed by atoms with Gasteiger partial charge in [0.2, 0.25) is 0 Å². The summed E-state index contributed by atoms with van der Waals surface area (Å²) < 4.78 is 15.9. The Bertz CT molecular complexity index is 404. The first-order chi connectivity index (χ1) is 9.26. The van der Waals surface area contributed by atoms with E-state index in [0.717, 1.165) is 18.5 Å². The molecule has 19 heavy (non-hydrogen) atoms. The molecule has 0 amide bonds. The van der Waals surface area contributed by atoms with Crippen LogP contribution < -0.4 is 14.8 Å². The maximum Gasteiger partial charge on any atom is 0.163 e. The van der Waals surface area contributed by atoms with Crippen molar-refractivity contribution in [2.24, 2.45) is 0 Å². The van der Waals surface area contributed by atoms with Crippen molar-refractivity contribution in [2.45, 2.75) is 25.0 Å². The molecule has 5 heteroatoms. The van der Waals surface area contributed by atoms with E-state index in [1.54, 1.807) is 14.2 Å². The first kappa shape index (κ1) is 14.0. The van der Waals surface area contributed by atoms with Gasteiger partial charge in [0, 0.05) is 24.9 Å². The summed E-state index contributed by atoms with van der Waals surface area (Å²) in [5.41, 5.74) is 0.994. The van der Waals surface area contributed by atoms with Gasteiger partial charge >= 0.3 is 0 Å². The third-order valence-electron chi connectivity index (χ3n) is 3.31. The van der Waals surface area contributed by atoms with Crippen molar-refractivity contribution in [1.29, 1.82) is 0 Å². The maximum atomic E-state index is 8.81. The van der Waals surface area contributed by atoms with Gasteiger partial charge in [-0.2, -0.15) is 0 Å². The number of nitrogens with one attached hydrogen (secondary N) is 1. The molecule has 0 radical (unpaired) electrons. The van der Waals surface area contributed by atoms with E-state index in [1.807, 2.05) is 18.2 Å². The molecule has 0 saturated heterocycles. The first-order valence-corrected chi connectivity index (χ1v) is 6.48. The van der Waals surface area contributed by atoms with Crippen molar-refractivity contribution >= 4 is 5.69 Å². The molecule has 1 aromatic carbocycles. The van der Waals surface area contributed by atoms with Crippen molar-refractivity contribution in [3.05, 3.63) is 18.2 Å². The molecular weight excluding hydrogens is 246 g/mol. The van der Waals surface area contributed by atoms with Crippen LogP contribution in [0.25, 0.3) is 0 Å². The Morgan fingerprint density at radius 3 is 2.68 bits per heavy atom. The van der Waals surface area contributed by atoms with Crippen LogP contribution in [0.4, 0.5) is 5.69 Å². The number of benzene rings is 1. The lowest BCUT2D eigenvalue weighted by atomic mass is 9.89. The molecule has 0 aliphatic heterocycles. The third-order valence-corrected chi connectivity index (χ3v) is 3.31. The molecule has 1 aliphatic carbocycles. The second kappa shape index (κ2) is 6.63. The average molecular weight is 267 g/mol. The second-order valence-electron chi connectivity index (χ2n) is 4.61. The normalized spacial score (nSPS) is 21.6. The van der Waals surface area contributed by atoms with Crippen LogP contribution in [0.2, 0.25) is 0 Å². The van der Waals surface area contributed by atoms with Crippen molar-refractivity contribution in [2.75, 3.05) is 32.8 Å². The van der Waals surface area contributed by atoms with E-state index in [2.05, 4.69) is 5.32 Å². The van der Waals surface area contributed by atoms with Crippen molar-refractivity contribution in [3.8, 4) is 11.5 Å². The predicted octanol–water partition coefficient (Wildman–Crippen LogP) is 1.66. The minimum absolute atomic E-state index is 0.0149. The first-order valence-electron chi connectivity index (χ1n) is 6.48. The summed E-state index contributed by atoms with van der Waals surface area (Å²) >= 11 is 0. The van der Waals surface area contributed by atoms with Crippen LogP contribution in [0, 0.1) is 0 Å². The van der Waals surface area contributed by atoms with E-state index in [4.69, 9.17) is 19.3 Å². The van der Waals surface area contributed by atoms with Crippen LogP contribution in [0.3, 0.4) is 0 Å². The Labute approximate surface area is 113 Å². The summed E-state index contributed by atoms with van der Waals surface area (Å²) in [5, 5.41) is 12.2. The standard InChI is InChI=1S/C14H21NO4/c1-17-12-7-11(8-12)15-10-3-4-13(18-2)14(9-10)19-6-5-16/h3-4,9,11-12,15-16H,5-8H2,1-2H3. The molecule has 0 spiro atoms. The molecule has 1 saturated carbocycles. The smallest absolute Gasteiger partial charge is 0.163 e. The summed E-state index contributed by atoms with van der Waals surface area (Å²) in [4.78, 5) is 0. The van der Waals surface area contributed by atoms with Gasteiger partial charge in [0.05, 0.1) is 19.8 Å². The molecule has 106 valence electrons. The molecule has 1 fully saturated rings. The van der Waals surface area contributed by atoms with E-state index in [9.17, 15) is 0 Å². The Kier molecular flexibility index (Phi) is 4.87. The molecule has 1 aliphatic rings. The number of rotatable bonds is 7. The van der Waals surface area contributed by atoms with Gasteiger partial charge in [0.1, 0.15) is 6.61 Å². The Morgan fingerprint density at radius 1 is 1.26 bits per heavy atom. The Morgan fingerprint density at radius 2 is 2.05 bits per heavy atom. The van der Waals surface area contributed by atoms with Crippen LogP contribution in [0.15, 0.2) is 18.2 Å². The highest BCUT2D eigenvalue weighted by atomic mass is 16.5. The minimum atomic E-state index is -0.0149. The fourth-order valence-corrected chi connectivity index (χ4v) is 2.15. The average Bonchev–Trinajstić information content (AvgIpc) is 2.40. The quantitative estimate of drug-likeness (QED) is 0.786. The lowest BCUT2D eigenvalue weighted by molar-refractivity contribution is 0.0328. The van der Waals surface area contributed by atoms with Gasteiger partial charge in [-0.15, -0.1) is 0 Å². The molecule has 0 aromatic heterocycles. The van der Waals surface area contributed by atoms with E-state index in [0.29, 0.717) is 23.6 Å². The van der Waals surface area contributed by atoms with E-state index >= 15 is 0 Å². The molecular formula is C14H21NO4. The van der Waals surface area contributed by atoms with Gasteiger partial charge in [0.25, 0.3) is 0 Å². The number of anilines is 1. The molecule has 0 unspecified atom stereocenters. The largest absolute Gasteiger partial charge is 0.493 e.